The van der Waals surface area contributed by atoms with Crippen LogP contribution in [0.1, 0.15) is 84.5 Å². The first-order valence-electron chi connectivity index (χ1n) is 13.4. The fraction of sp³-hybridized carbons (Fsp3) is 0.852. The average molecular weight is 449 g/mol. The Balaban J connectivity index is 1.49. The summed E-state index contributed by atoms with van der Waals surface area (Å²) in [5.74, 6) is 2.67. The van der Waals surface area contributed by atoms with Crippen molar-refractivity contribution in [2.45, 2.75) is 103 Å². The number of fused-ring (bicyclic) bond motifs is 1. The highest BCUT2D eigenvalue weighted by Gasteiger charge is 2.36. The van der Waals surface area contributed by atoms with Crippen LogP contribution < -0.4 is 10.6 Å². The minimum Gasteiger partial charge on any atom is -0.490 e. The van der Waals surface area contributed by atoms with Gasteiger partial charge in [-0.05, 0) is 69.3 Å². The molecule has 0 spiro atoms. The van der Waals surface area contributed by atoms with E-state index in [1.807, 2.05) is 7.05 Å². The summed E-state index contributed by atoms with van der Waals surface area (Å²) in [6, 6.07) is 1.20. The maximum Gasteiger partial charge on any atom is 0.145 e. The zero-order chi connectivity index (χ0) is 22.6. The van der Waals surface area contributed by atoms with E-state index < -0.39 is 0 Å². The van der Waals surface area contributed by atoms with Gasteiger partial charge in [-0.25, -0.2) is 0 Å². The maximum absolute atomic E-state index is 6.46. The van der Waals surface area contributed by atoms with Crippen LogP contribution in [0.4, 0.5) is 0 Å². The highest BCUT2D eigenvalue weighted by Crippen LogP contribution is 2.37. The zero-order valence-electron chi connectivity index (χ0n) is 20.9. The fourth-order valence-electron chi connectivity index (χ4n) is 5.35. The Morgan fingerprint density at radius 1 is 0.938 bits per heavy atom. The average Bonchev–Trinajstić information content (AvgIpc) is 2.84. The second-order valence-corrected chi connectivity index (χ2v) is 9.94. The topological polar surface area (TPSA) is 51.8 Å². The monoisotopic (exact) mass is 448 g/mol. The smallest absolute Gasteiger partial charge is 0.145 e. The fourth-order valence-corrected chi connectivity index (χ4v) is 5.35. The zero-order valence-corrected chi connectivity index (χ0v) is 20.9. The molecule has 0 bridgehead atoms. The van der Waals surface area contributed by atoms with Gasteiger partial charge in [0.2, 0.25) is 0 Å². The van der Waals surface area contributed by atoms with Gasteiger partial charge in [0.15, 0.2) is 0 Å². The number of nitrogens with one attached hydrogen (secondary N) is 2. The highest BCUT2D eigenvalue weighted by atomic mass is 16.6. The maximum atomic E-state index is 6.46. The Bertz CT molecular complexity index is 579. The molecule has 3 rings (SSSR count). The molecule has 0 saturated carbocycles. The Morgan fingerprint density at radius 3 is 2.25 bits per heavy atom. The first kappa shape index (κ1) is 25.6. The second kappa shape index (κ2) is 14.3. The molecule has 32 heavy (non-hydrogen) atoms. The second-order valence-electron chi connectivity index (χ2n) is 9.94. The lowest BCUT2D eigenvalue weighted by Gasteiger charge is -2.43. The van der Waals surface area contributed by atoms with Crippen molar-refractivity contribution in [3.8, 4) is 0 Å². The van der Waals surface area contributed by atoms with Crippen LogP contribution in [-0.4, -0.2) is 51.7 Å². The van der Waals surface area contributed by atoms with Crippen molar-refractivity contribution in [2.24, 2.45) is 11.8 Å². The Labute approximate surface area is 196 Å². The molecule has 1 aliphatic heterocycles. The van der Waals surface area contributed by atoms with Gasteiger partial charge in [0.25, 0.3) is 0 Å². The summed E-state index contributed by atoms with van der Waals surface area (Å²) in [5.41, 5.74) is 1.42. The molecule has 1 saturated heterocycles. The van der Waals surface area contributed by atoms with Gasteiger partial charge in [-0.15, -0.1) is 0 Å². The van der Waals surface area contributed by atoms with Crippen LogP contribution in [-0.2, 0) is 14.2 Å². The van der Waals surface area contributed by atoms with E-state index in [9.17, 15) is 0 Å². The summed E-state index contributed by atoms with van der Waals surface area (Å²) in [5, 5.41) is 7.38. The quantitative estimate of drug-likeness (QED) is 0.352. The van der Waals surface area contributed by atoms with E-state index in [0.717, 1.165) is 69.3 Å². The predicted molar refractivity (Wildman–Crippen MR) is 132 cm³/mol. The molecule has 2 N–H and O–H groups in total. The molecular formula is C27H48N2O3. The molecule has 1 heterocycles. The number of hydrogen-bond donors (Lipinski definition) is 2. The number of rotatable bonds is 14. The van der Waals surface area contributed by atoms with Gasteiger partial charge in [-0.3, -0.25) is 0 Å². The summed E-state index contributed by atoms with van der Waals surface area (Å²) in [7, 11) is 2.04. The van der Waals surface area contributed by atoms with Gasteiger partial charge in [-0.1, -0.05) is 32.8 Å². The molecule has 0 aromatic heterocycles. The minimum absolute atomic E-state index is 0.00523. The van der Waals surface area contributed by atoms with Gasteiger partial charge < -0.3 is 24.8 Å². The van der Waals surface area contributed by atoms with Crippen LogP contribution >= 0.6 is 0 Å². The molecule has 2 unspecified atom stereocenters. The predicted octanol–water partition coefficient (Wildman–Crippen LogP) is 5.32. The number of unbranched alkanes of at least 4 members (excludes halogenated alkanes) is 2. The van der Waals surface area contributed by atoms with E-state index in [2.05, 4.69) is 36.6 Å². The van der Waals surface area contributed by atoms with Gasteiger partial charge >= 0.3 is 0 Å². The third-order valence-corrected chi connectivity index (χ3v) is 7.47. The summed E-state index contributed by atoms with van der Waals surface area (Å²) < 4.78 is 18.3. The number of hydrogen-bond acceptors (Lipinski definition) is 5. The molecule has 4 atom stereocenters. The standard InChI is InChI=1S/C27H48N2O3/c1-4-6-16-30-19-25(20-31-17-7-5-2)32-24-14-10-22-11-15-26(29-27(22)18-24)21-8-12-23(28-3)13-9-21/h12,14,21-22,25-29H,4-11,13,15-20H2,1-3H3/t21?,22-,26?,27-/m0/s1. The lowest BCUT2D eigenvalue weighted by molar-refractivity contribution is -0.0414. The van der Waals surface area contributed by atoms with E-state index in [4.69, 9.17) is 14.2 Å². The van der Waals surface area contributed by atoms with Crippen molar-refractivity contribution >= 4 is 0 Å². The normalized spacial score (nSPS) is 28.1. The first-order valence-corrected chi connectivity index (χ1v) is 13.4. The van der Waals surface area contributed by atoms with E-state index in [1.165, 1.54) is 37.8 Å². The third kappa shape index (κ3) is 8.07. The highest BCUT2D eigenvalue weighted by molar-refractivity contribution is 5.10. The largest absolute Gasteiger partial charge is 0.490 e. The van der Waals surface area contributed by atoms with Gasteiger partial charge in [0, 0.05) is 44.5 Å². The van der Waals surface area contributed by atoms with Crippen molar-refractivity contribution in [2.75, 3.05) is 33.5 Å². The lowest BCUT2D eigenvalue weighted by atomic mass is 9.75. The molecule has 5 heteroatoms. The van der Waals surface area contributed by atoms with E-state index in [-0.39, 0.29) is 6.10 Å². The van der Waals surface area contributed by atoms with Gasteiger partial charge in [-0.2, -0.15) is 0 Å². The summed E-state index contributed by atoms with van der Waals surface area (Å²) in [4.78, 5) is 0. The molecule has 3 aliphatic rings. The molecule has 2 aliphatic carbocycles. The molecule has 184 valence electrons. The SMILES string of the molecule is CCCCOCC(COCCCC)OC1=CC[C@H]2CCC(C3CC=C(NC)CC3)N[C@H]2C1. The van der Waals surface area contributed by atoms with Crippen LogP contribution in [0.3, 0.4) is 0 Å². The summed E-state index contributed by atoms with van der Waals surface area (Å²) in [6.07, 6.45) is 17.8. The molecule has 0 amide bonds. The van der Waals surface area contributed by atoms with Crippen LogP contribution in [0.25, 0.3) is 0 Å². The number of piperidine rings is 1. The van der Waals surface area contributed by atoms with Crippen LogP contribution in [0.2, 0.25) is 0 Å². The van der Waals surface area contributed by atoms with Crippen LogP contribution in [0, 0.1) is 11.8 Å². The molecular weight excluding hydrogens is 400 g/mol. The number of allylic oxidation sites excluding steroid dienone is 3. The van der Waals surface area contributed by atoms with Crippen molar-refractivity contribution in [1.29, 1.82) is 0 Å². The van der Waals surface area contributed by atoms with Gasteiger partial charge in [0.1, 0.15) is 6.10 Å². The van der Waals surface area contributed by atoms with Crippen molar-refractivity contribution < 1.29 is 14.2 Å². The minimum atomic E-state index is -0.00523. The Morgan fingerprint density at radius 2 is 1.62 bits per heavy atom. The van der Waals surface area contributed by atoms with Crippen molar-refractivity contribution in [1.82, 2.24) is 10.6 Å². The molecule has 0 aromatic carbocycles. The van der Waals surface area contributed by atoms with Gasteiger partial charge in [0.05, 0.1) is 19.0 Å². The van der Waals surface area contributed by atoms with E-state index in [0.29, 0.717) is 25.3 Å². The first-order chi connectivity index (χ1) is 15.7. The number of ether oxygens (including phenoxy) is 3. The Hall–Kier alpha value is -1.04. The molecule has 1 fully saturated rings. The summed E-state index contributed by atoms with van der Waals surface area (Å²) >= 11 is 0. The molecule has 0 aromatic rings. The summed E-state index contributed by atoms with van der Waals surface area (Å²) in [6.45, 7) is 7.25. The molecule has 5 nitrogen and oxygen atoms in total. The van der Waals surface area contributed by atoms with E-state index >= 15 is 0 Å². The van der Waals surface area contributed by atoms with Crippen LogP contribution in [0.5, 0.6) is 0 Å². The van der Waals surface area contributed by atoms with Crippen molar-refractivity contribution in [3.63, 3.8) is 0 Å². The molecule has 0 radical (unpaired) electrons. The third-order valence-electron chi connectivity index (χ3n) is 7.47. The van der Waals surface area contributed by atoms with Crippen LogP contribution in [0.15, 0.2) is 23.6 Å². The van der Waals surface area contributed by atoms with E-state index in [1.54, 1.807) is 0 Å². The Kier molecular flexibility index (Phi) is 11.4. The lowest BCUT2D eigenvalue weighted by Crippen LogP contribution is -2.52. The van der Waals surface area contributed by atoms with Crippen molar-refractivity contribution in [3.05, 3.63) is 23.6 Å².